The largest absolute Gasteiger partial charge is 0.506 e. The number of fused-ring (bicyclic) bond motifs is 1. The molecule has 0 atom stereocenters. The van der Waals surface area contributed by atoms with E-state index in [1.165, 1.54) is 31.3 Å². The molecule has 180 valence electrons. The molecular formula is C27H19F2N3O4. The van der Waals surface area contributed by atoms with Gasteiger partial charge >= 0.3 is 5.69 Å². The Bertz CT molecular complexity index is 1790. The van der Waals surface area contributed by atoms with Crippen molar-refractivity contribution in [2.75, 3.05) is 0 Å². The number of benzene rings is 3. The van der Waals surface area contributed by atoms with Gasteiger partial charge in [0.2, 0.25) is 0 Å². The van der Waals surface area contributed by atoms with E-state index in [0.717, 1.165) is 43.5 Å². The van der Waals surface area contributed by atoms with Crippen LogP contribution >= 0.6 is 0 Å². The Kier molecular flexibility index (Phi) is 5.60. The number of nitrogens with zero attached hydrogens (tertiary/aromatic N) is 3. The third-order valence-electron chi connectivity index (χ3n) is 6.03. The minimum absolute atomic E-state index is 0.0248. The van der Waals surface area contributed by atoms with Crippen molar-refractivity contribution in [2.24, 2.45) is 7.05 Å². The Hall–Kier alpha value is -4.79. The quantitative estimate of drug-likeness (QED) is 0.421. The number of hydrogen-bond donors (Lipinski definition) is 1. The lowest BCUT2D eigenvalue weighted by atomic mass is 10.0. The van der Waals surface area contributed by atoms with Gasteiger partial charge in [0.25, 0.3) is 11.1 Å². The number of pyridine rings is 1. The molecule has 1 N–H and O–H groups in total. The summed E-state index contributed by atoms with van der Waals surface area (Å²) >= 11 is 0. The molecule has 0 aliphatic heterocycles. The summed E-state index contributed by atoms with van der Waals surface area (Å²) in [5, 5.41) is 11.0. The zero-order chi connectivity index (χ0) is 25.6. The molecule has 0 amide bonds. The van der Waals surface area contributed by atoms with E-state index < -0.39 is 34.2 Å². The van der Waals surface area contributed by atoms with Crippen LogP contribution in [-0.4, -0.2) is 18.8 Å². The molecule has 2 aromatic heterocycles. The van der Waals surface area contributed by atoms with Crippen molar-refractivity contribution in [3.63, 3.8) is 0 Å². The molecule has 3 aromatic carbocycles. The van der Waals surface area contributed by atoms with E-state index in [1.807, 2.05) is 6.07 Å². The molecule has 0 radical (unpaired) electrons. The first-order chi connectivity index (χ1) is 17.3. The molecular weight excluding hydrogens is 468 g/mol. The van der Waals surface area contributed by atoms with Gasteiger partial charge in [-0.1, -0.05) is 30.3 Å². The van der Waals surface area contributed by atoms with Crippen molar-refractivity contribution in [1.29, 1.82) is 0 Å². The summed E-state index contributed by atoms with van der Waals surface area (Å²) in [5.74, 6) is -1.68. The molecule has 5 aromatic rings. The van der Waals surface area contributed by atoms with Crippen molar-refractivity contribution >= 4 is 11.0 Å². The van der Waals surface area contributed by atoms with Crippen molar-refractivity contribution in [3.8, 4) is 17.1 Å². The highest BCUT2D eigenvalue weighted by Crippen LogP contribution is 2.26. The maximum atomic E-state index is 13.7. The fourth-order valence-electron chi connectivity index (χ4n) is 4.27. The van der Waals surface area contributed by atoms with E-state index >= 15 is 0 Å². The lowest BCUT2D eigenvalue weighted by Gasteiger charge is -2.18. The van der Waals surface area contributed by atoms with Gasteiger partial charge in [-0.05, 0) is 54.1 Å². The standard InChI is InChI=1S/C27H19F2N3O4/c1-30-24-22(23(33)21(25(30)34)15-16-5-3-2-4-6-16)26(35)32(20-13-9-18(29)10-14-20)27(36)31(24)19-11-7-17(28)8-12-19/h2-14,33H,15H2,1H3. The highest BCUT2D eigenvalue weighted by molar-refractivity contribution is 5.84. The van der Waals surface area contributed by atoms with Gasteiger partial charge in [-0.3, -0.25) is 14.2 Å². The summed E-state index contributed by atoms with van der Waals surface area (Å²) in [6.07, 6.45) is 0.0426. The molecule has 0 aliphatic carbocycles. The van der Waals surface area contributed by atoms with Crippen LogP contribution in [0.15, 0.2) is 93.2 Å². The number of hydrogen-bond acceptors (Lipinski definition) is 4. The van der Waals surface area contributed by atoms with Crippen LogP contribution in [0.1, 0.15) is 11.1 Å². The van der Waals surface area contributed by atoms with Gasteiger partial charge < -0.3 is 5.11 Å². The van der Waals surface area contributed by atoms with Crippen LogP contribution < -0.4 is 16.8 Å². The van der Waals surface area contributed by atoms with E-state index in [4.69, 9.17) is 0 Å². The van der Waals surface area contributed by atoms with Crippen LogP contribution in [0.2, 0.25) is 0 Å². The van der Waals surface area contributed by atoms with Crippen molar-refractivity contribution in [3.05, 3.63) is 133 Å². The van der Waals surface area contributed by atoms with E-state index in [2.05, 4.69) is 0 Å². The van der Waals surface area contributed by atoms with Gasteiger partial charge in [0.05, 0.1) is 16.9 Å². The van der Waals surface area contributed by atoms with Gasteiger partial charge in [0.15, 0.2) is 0 Å². The van der Waals surface area contributed by atoms with Crippen LogP contribution in [0, 0.1) is 11.6 Å². The van der Waals surface area contributed by atoms with Crippen LogP contribution in [0.3, 0.4) is 0 Å². The van der Waals surface area contributed by atoms with Crippen LogP contribution in [0.25, 0.3) is 22.4 Å². The first-order valence-electron chi connectivity index (χ1n) is 11.0. The van der Waals surface area contributed by atoms with Crippen LogP contribution in [-0.2, 0) is 13.5 Å². The summed E-state index contributed by atoms with van der Waals surface area (Å²) in [6.45, 7) is 0. The minimum atomic E-state index is -0.887. The molecule has 0 aliphatic rings. The number of halogens is 2. The Morgan fingerprint density at radius 1 is 0.722 bits per heavy atom. The molecule has 0 bridgehead atoms. The second-order valence-electron chi connectivity index (χ2n) is 8.26. The lowest BCUT2D eigenvalue weighted by Crippen LogP contribution is -2.41. The maximum Gasteiger partial charge on any atom is 0.341 e. The van der Waals surface area contributed by atoms with Crippen LogP contribution in [0.5, 0.6) is 5.75 Å². The lowest BCUT2D eigenvalue weighted by molar-refractivity contribution is 0.471. The topological polar surface area (TPSA) is 86.2 Å². The van der Waals surface area contributed by atoms with Gasteiger partial charge in [0.1, 0.15) is 28.4 Å². The SMILES string of the molecule is Cn1c(=O)c(Cc2ccccc2)c(O)c2c(=O)n(-c3ccc(F)cc3)c(=O)n(-c3ccc(F)cc3)c21. The smallest absolute Gasteiger partial charge is 0.341 e. The van der Waals surface area contributed by atoms with Crippen molar-refractivity contribution in [2.45, 2.75) is 6.42 Å². The van der Waals surface area contributed by atoms with Crippen molar-refractivity contribution in [1.82, 2.24) is 13.7 Å². The summed E-state index contributed by atoms with van der Waals surface area (Å²) < 4.78 is 30.2. The average Bonchev–Trinajstić information content (AvgIpc) is 2.87. The summed E-state index contributed by atoms with van der Waals surface area (Å²) in [5.41, 5.74) is -1.60. The molecule has 7 nitrogen and oxygen atoms in total. The number of aromatic hydroxyl groups is 1. The van der Waals surface area contributed by atoms with Crippen LogP contribution in [0.4, 0.5) is 8.78 Å². The molecule has 36 heavy (non-hydrogen) atoms. The second kappa shape index (κ2) is 8.77. The normalized spacial score (nSPS) is 11.2. The fraction of sp³-hybridized carbons (Fsp3) is 0.0741. The zero-order valence-electron chi connectivity index (χ0n) is 19.0. The molecule has 0 spiro atoms. The monoisotopic (exact) mass is 487 g/mol. The van der Waals surface area contributed by atoms with E-state index in [9.17, 15) is 28.3 Å². The predicted octanol–water partition coefficient (Wildman–Crippen LogP) is 3.41. The molecule has 9 heteroatoms. The van der Waals surface area contributed by atoms with E-state index in [0.29, 0.717) is 0 Å². The highest BCUT2D eigenvalue weighted by atomic mass is 19.1. The fourth-order valence-corrected chi connectivity index (χ4v) is 4.27. The Morgan fingerprint density at radius 2 is 1.25 bits per heavy atom. The van der Waals surface area contributed by atoms with Gasteiger partial charge in [0, 0.05) is 13.5 Å². The molecule has 0 fully saturated rings. The minimum Gasteiger partial charge on any atom is -0.506 e. The van der Waals surface area contributed by atoms with Gasteiger partial charge in [-0.25, -0.2) is 22.7 Å². The number of aromatic nitrogens is 3. The zero-order valence-corrected chi connectivity index (χ0v) is 19.0. The Morgan fingerprint density at radius 3 is 1.81 bits per heavy atom. The molecule has 0 unspecified atom stereocenters. The second-order valence-corrected chi connectivity index (χ2v) is 8.26. The predicted molar refractivity (Wildman–Crippen MR) is 131 cm³/mol. The Labute approximate surface area is 202 Å². The van der Waals surface area contributed by atoms with E-state index in [-0.39, 0.29) is 34.4 Å². The van der Waals surface area contributed by atoms with Crippen molar-refractivity contribution < 1.29 is 13.9 Å². The molecule has 0 saturated heterocycles. The van der Waals surface area contributed by atoms with Gasteiger partial charge in [-0.15, -0.1) is 0 Å². The third-order valence-corrected chi connectivity index (χ3v) is 6.03. The highest BCUT2D eigenvalue weighted by Gasteiger charge is 2.25. The Balaban J connectivity index is 1.95. The molecule has 2 heterocycles. The van der Waals surface area contributed by atoms with E-state index in [1.54, 1.807) is 24.3 Å². The first-order valence-corrected chi connectivity index (χ1v) is 11.0. The molecule has 0 saturated carbocycles. The first kappa shape index (κ1) is 23.0. The number of aryl methyl sites for hydroxylation is 1. The number of rotatable bonds is 4. The summed E-state index contributed by atoms with van der Waals surface area (Å²) in [6, 6.07) is 18.5. The third kappa shape index (κ3) is 3.70. The average molecular weight is 487 g/mol. The molecule has 5 rings (SSSR count). The summed E-state index contributed by atoms with van der Waals surface area (Å²) in [4.78, 5) is 40.7. The van der Waals surface area contributed by atoms with Gasteiger partial charge in [-0.2, -0.15) is 0 Å². The maximum absolute atomic E-state index is 13.7. The summed E-state index contributed by atoms with van der Waals surface area (Å²) in [7, 11) is 1.39.